The summed E-state index contributed by atoms with van der Waals surface area (Å²) in [5.41, 5.74) is 0.567. The van der Waals surface area contributed by atoms with Crippen LogP contribution in [0.2, 0.25) is 5.02 Å². The smallest absolute Gasteiger partial charge is 0.314 e. The molecule has 0 saturated heterocycles. The number of fused-ring (bicyclic) bond motifs is 1. The van der Waals surface area contributed by atoms with Crippen LogP contribution in [0.5, 0.6) is 0 Å². The van der Waals surface area contributed by atoms with Crippen molar-refractivity contribution in [2.24, 2.45) is 0 Å². The molecule has 0 amide bonds. The van der Waals surface area contributed by atoms with Gasteiger partial charge in [0.2, 0.25) is 0 Å². The van der Waals surface area contributed by atoms with Crippen molar-refractivity contribution in [3.05, 3.63) is 35.0 Å². The highest BCUT2D eigenvalue weighted by atomic mass is 35.5. The monoisotopic (exact) mass is 278 g/mol. The van der Waals surface area contributed by atoms with Gasteiger partial charge in [0.15, 0.2) is 0 Å². The Hall–Kier alpha value is -1.48. The lowest BCUT2D eigenvalue weighted by Crippen LogP contribution is -2.38. The first-order valence-electron chi connectivity index (χ1n) is 6.55. The van der Waals surface area contributed by atoms with E-state index in [1.54, 1.807) is 18.4 Å². The lowest BCUT2D eigenvalue weighted by Gasteiger charge is -2.34. The van der Waals surface area contributed by atoms with Crippen LogP contribution in [0.15, 0.2) is 28.9 Å². The Morgan fingerprint density at radius 1 is 1.21 bits per heavy atom. The Kier molecular flexibility index (Phi) is 3.02. The minimum atomic E-state index is -0.862. The number of furan rings is 1. The highest BCUT2D eigenvalue weighted by molar-refractivity contribution is 6.32. The number of carbonyl (C=O) groups is 1. The van der Waals surface area contributed by atoms with Crippen molar-refractivity contribution in [3.63, 3.8) is 0 Å². The summed E-state index contributed by atoms with van der Waals surface area (Å²) >= 11 is 6.32. The average molecular weight is 279 g/mol. The Morgan fingerprint density at radius 3 is 2.63 bits per heavy atom. The molecule has 1 fully saturated rings. The fourth-order valence-corrected chi connectivity index (χ4v) is 3.58. The maximum Gasteiger partial charge on any atom is 0.314 e. The molecule has 4 heteroatoms. The van der Waals surface area contributed by atoms with E-state index < -0.39 is 11.4 Å². The van der Waals surface area contributed by atoms with E-state index in [0.717, 1.165) is 30.2 Å². The van der Waals surface area contributed by atoms with Crippen LogP contribution in [0.4, 0.5) is 0 Å². The summed E-state index contributed by atoms with van der Waals surface area (Å²) < 4.78 is 5.38. The SMILES string of the molecule is O=C(O)C1(c2c(Cl)ccc3occc23)CCCCC1. The summed E-state index contributed by atoms with van der Waals surface area (Å²) in [5, 5.41) is 11.1. The minimum absolute atomic E-state index is 0.526. The van der Waals surface area contributed by atoms with Gasteiger partial charge in [0.1, 0.15) is 5.58 Å². The molecule has 0 spiro atoms. The minimum Gasteiger partial charge on any atom is -0.481 e. The summed E-state index contributed by atoms with van der Waals surface area (Å²) in [5.74, 6) is -0.775. The van der Waals surface area contributed by atoms with Crippen LogP contribution in [0.25, 0.3) is 11.0 Å². The first kappa shape index (κ1) is 12.5. The third-order valence-corrected chi connectivity index (χ3v) is 4.49. The van der Waals surface area contributed by atoms with Crippen LogP contribution in [0, 0.1) is 0 Å². The molecule has 19 heavy (non-hydrogen) atoms. The number of carboxylic acids is 1. The number of benzene rings is 1. The second-order valence-electron chi connectivity index (χ2n) is 5.20. The molecule has 1 aromatic heterocycles. The summed E-state index contributed by atoms with van der Waals surface area (Å²) in [6.07, 6.45) is 5.82. The van der Waals surface area contributed by atoms with Crippen LogP contribution in [-0.2, 0) is 10.2 Å². The molecular formula is C15H15ClO3. The second-order valence-corrected chi connectivity index (χ2v) is 5.61. The molecule has 0 aliphatic heterocycles. The Labute approximate surface area is 116 Å². The van der Waals surface area contributed by atoms with Crippen LogP contribution < -0.4 is 0 Å². The van der Waals surface area contributed by atoms with Gasteiger partial charge in [0, 0.05) is 10.4 Å². The van der Waals surface area contributed by atoms with Gasteiger partial charge in [-0.25, -0.2) is 0 Å². The zero-order valence-electron chi connectivity index (χ0n) is 10.5. The maximum absolute atomic E-state index is 11.9. The van der Waals surface area contributed by atoms with Crippen LogP contribution in [0.3, 0.4) is 0 Å². The number of rotatable bonds is 2. The van der Waals surface area contributed by atoms with Crippen molar-refractivity contribution in [2.75, 3.05) is 0 Å². The normalized spacial score (nSPS) is 18.6. The van der Waals surface area contributed by atoms with Crippen molar-refractivity contribution in [2.45, 2.75) is 37.5 Å². The zero-order chi connectivity index (χ0) is 13.5. The maximum atomic E-state index is 11.9. The van der Waals surface area contributed by atoms with Crippen LogP contribution >= 0.6 is 11.6 Å². The highest BCUT2D eigenvalue weighted by Crippen LogP contribution is 2.45. The van der Waals surface area contributed by atoms with E-state index in [-0.39, 0.29) is 0 Å². The number of halogens is 1. The molecule has 0 radical (unpaired) electrons. The van der Waals surface area contributed by atoms with Crippen molar-refractivity contribution >= 4 is 28.5 Å². The third-order valence-electron chi connectivity index (χ3n) is 4.18. The predicted octanol–water partition coefficient (Wildman–Crippen LogP) is 4.37. The van der Waals surface area contributed by atoms with Crippen molar-refractivity contribution in [1.82, 2.24) is 0 Å². The fourth-order valence-electron chi connectivity index (χ4n) is 3.23. The molecule has 1 N–H and O–H groups in total. The van der Waals surface area contributed by atoms with Crippen LogP contribution in [0.1, 0.15) is 37.7 Å². The molecule has 3 rings (SSSR count). The molecule has 0 atom stereocenters. The Bertz CT molecular complexity index is 623. The first-order chi connectivity index (χ1) is 9.15. The van der Waals surface area contributed by atoms with Crippen molar-refractivity contribution in [1.29, 1.82) is 0 Å². The Balaban J connectivity index is 2.28. The van der Waals surface area contributed by atoms with Gasteiger partial charge in [-0.1, -0.05) is 30.9 Å². The number of hydrogen-bond donors (Lipinski definition) is 1. The molecule has 1 heterocycles. The van der Waals surface area contributed by atoms with E-state index in [2.05, 4.69) is 0 Å². The zero-order valence-corrected chi connectivity index (χ0v) is 11.2. The van der Waals surface area contributed by atoms with Crippen molar-refractivity contribution in [3.8, 4) is 0 Å². The number of hydrogen-bond acceptors (Lipinski definition) is 2. The summed E-state index contributed by atoms with van der Waals surface area (Å²) in [6, 6.07) is 5.34. The van der Waals surface area contributed by atoms with Gasteiger partial charge in [-0.3, -0.25) is 4.79 Å². The Morgan fingerprint density at radius 2 is 1.95 bits per heavy atom. The molecule has 2 aromatic rings. The molecule has 1 aliphatic rings. The number of aliphatic carboxylic acids is 1. The molecule has 1 aromatic carbocycles. The standard InChI is InChI=1S/C15H15ClO3/c16-11-4-5-12-10(6-9-19-12)13(11)15(14(17)18)7-2-1-3-8-15/h4-6,9H,1-3,7-8H2,(H,17,18). The molecule has 3 nitrogen and oxygen atoms in total. The van der Waals surface area contributed by atoms with E-state index >= 15 is 0 Å². The largest absolute Gasteiger partial charge is 0.481 e. The van der Waals surface area contributed by atoms with Gasteiger partial charge < -0.3 is 9.52 Å². The van der Waals surface area contributed by atoms with Gasteiger partial charge in [-0.2, -0.15) is 0 Å². The highest BCUT2D eigenvalue weighted by Gasteiger charge is 2.43. The molecular weight excluding hydrogens is 264 g/mol. The lowest BCUT2D eigenvalue weighted by atomic mass is 9.68. The second kappa shape index (κ2) is 4.57. The fraction of sp³-hybridized carbons (Fsp3) is 0.400. The van der Waals surface area contributed by atoms with E-state index in [0.29, 0.717) is 23.4 Å². The third kappa shape index (κ3) is 1.84. The predicted molar refractivity (Wildman–Crippen MR) is 73.6 cm³/mol. The van der Waals surface area contributed by atoms with E-state index in [1.165, 1.54) is 0 Å². The summed E-state index contributed by atoms with van der Waals surface area (Å²) in [6.45, 7) is 0. The van der Waals surface area contributed by atoms with Crippen LogP contribution in [-0.4, -0.2) is 11.1 Å². The summed E-state index contributed by atoms with van der Waals surface area (Å²) in [7, 11) is 0. The molecule has 100 valence electrons. The van der Waals surface area contributed by atoms with Gasteiger partial charge in [-0.05, 0) is 36.6 Å². The summed E-state index contributed by atoms with van der Waals surface area (Å²) in [4.78, 5) is 11.9. The quantitative estimate of drug-likeness (QED) is 0.887. The van der Waals surface area contributed by atoms with Gasteiger partial charge in [0.25, 0.3) is 0 Å². The number of carboxylic acid groups (broad SMARTS) is 1. The average Bonchev–Trinajstić information content (AvgIpc) is 2.87. The molecule has 1 aliphatic carbocycles. The van der Waals surface area contributed by atoms with E-state index in [4.69, 9.17) is 16.0 Å². The molecule has 0 unspecified atom stereocenters. The first-order valence-corrected chi connectivity index (χ1v) is 6.92. The van der Waals surface area contributed by atoms with E-state index in [1.807, 2.05) is 6.07 Å². The topological polar surface area (TPSA) is 50.4 Å². The van der Waals surface area contributed by atoms with Gasteiger partial charge in [0.05, 0.1) is 11.7 Å². The van der Waals surface area contributed by atoms with E-state index in [9.17, 15) is 9.90 Å². The van der Waals surface area contributed by atoms with Gasteiger partial charge >= 0.3 is 5.97 Å². The lowest BCUT2D eigenvalue weighted by molar-refractivity contribution is -0.145. The van der Waals surface area contributed by atoms with Gasteiger partial charge in [-0.15, -0.1) is 0 Å². The van der Waals surface area contributed by atoms with Crippen molar-refractivity contribution < 1.29 is 14.3 Å². The molecule has 0 bridgehead atoms. The molecule has 1 saturated carbocycles.